The average Bonchev–Trinajstić information content (AvgIpc) is 1.62. The van der Waals surface area contributed by atoms with Gasteiger partial charge in [-0.25, -0.2) is 37.6 Å². The molecule has 4 aromatic carbocycles. The van der Waals surface area contributed by atoms with Crippen LogP contribution >= 0.6 is 0 Å². The molecular weight excluding hydrogens is 1310 g/mol. The Labute approximate surface area is 576 Å². The molecule has 0 atom stereocenters. The lowest BCUT2D eigenvalue weighted by Gasteiger charge is -2.08. The third-order valence-corrected chi connectivity index (χ3v) is 16.3. The smallest absolute Gasteiger partial charge is 0.236 e. The summed E-state index contributed by atoms with van der Waals surface area (Å²) in [4.78, 5) is 58.0. The lowest BCUT2D eigenvalue weighted by atomic mass is 10.1. The number of allylic oxidation sites excluding steroid dienone is 9. The Hall–Kier alpha value is -8.71. The van der Waals surface area contributed by atoms with Crippen molar-refractivity contribution in [3.63, 3.8) is 0 Å². The molecule has 97 heavy (non-hydrogen) atoms. The van der Waals surface area contributed by atoms with E-state index < -0.39 is 39.7 Å². The van der Waals surface area contributed by atoms with Crippen molar-refractivity contribution in [3.8, 4) is 0 Å². The summed E-state index contributed by atoms with van der Waals surface area (Å²) in [6.07, 6.45) is 23.5. The fourth-order valence-corrected chi connectivity index (χ4v) is 10.3. The van der Waals surface area contributed by atoms with Gasteiger partial charge in [-0.05, 0) is 129 Å². The molecule has 24 heteroatoms. The van der Waals surface area contributed by atoms with Crippen LogP contribution in [0, 0.1) is 29.6 Å². The molecule has 5 amide bonds. The Morgan fingerprint density at radius 1 is 0.423 bits per heavy atom. The second-order valence-electron chi connectivity index (χ2n) is 25.0. The molecule has 0 aliphatic heterocycles. The van der Waals surface area contributed by atoms with Crippen LogP contribution in [0.15, 0.2) is 179 Å². The van der Waals surface area contributed by atoms with Crippen molar-refractivity contribution in [2.45, 2.75) is 110 Å². The number of amides is 5. The molecule has 2 heterocycles. The number of carbonyl (C=O) groups is 5. The Bertz CT molecular complexity index is 4420. The number of nitrogens with zero attached hydrogens (tertiary/aromatic N) is 2. The number of carbonyl (C=O) groups excluding carboxylic acids is 5. The molecule has 0 saturated carbocycles. The summed E-state index contributed by atoms with van der Waals surface area (Å²) < 4.78 is 90.6. The fourth-order valence-electron chi connectivity index (χ4n) is 8.11. The lowest BCUT2D eigenvalue weighted by Crippen LogP contribution is -2.25. The number of sulfone groups is 2. The summed E-state index contributed by atoms with van der Waals surface area (Å²) in [5.41, 5.74) is 9.01. The lowest BCUT2D eigenvalue weighted by molar-refractivity contribution is -0.124. The summed E-state index contributed by atoms with van der Waals surface area (Å²) in [6.45, 7) is 27.6. The number of hydrogen-bond acceptors (Lipinski definition) is 13. The predicted octanol–water partition coefficient (Wildman–Crippen LogP) is 12.4. The van der Waals surface area contributed by atoms with Crippen LogP contribution in [0.25, 0.3) is 46.0 Å². The van der Waals surface area contributed by atoms with Gasteiger partial charge in [0.1, 0.15) is 9.84 Å². The summed E-state index contributed by atoms with van der Waals surface area (Å²) >= 11 is 0. The predicted molar refractivity (Wildman–Crippen MR) is 397 cm³/mol. The Morgan fingerprint density at radius 2 is 0.814 bits per heavy atom. The van der Waals surface area contributed by atoms with E-state index in [4.69, 9.17) is 0 Å². The average molecular weight is 1410 g/mol. The van der Waals surface area contributed by atoms with Crippen LogP contribution < -0.4 is 26.6 Å². The van der Waals surface area contributed by atoms with Crippen molar-refractivity contribution in [3.05, 3.63) is 201 Å². The zero-order valence-electron chi connectivity index (χ0n) is 59.5. The van der Waals surface area contributed by atoms with E-state index in [0.29, 0.717) is 28.2 Å². The quantitative estimate of drug-likeness (QED) is 0.0535. The normalized spacial score (nSPS) is 13.1. The molecule has 5 N–H and O–H groups in total. The minimum Gasteiger partial charge on any atom is -0.330 e. The molecule has 2 aromatic heterocycles. The van der Waals surface area contributed by atoms with E-state index in [2.05, 4.69) is 56.9 Å². The molecule has 0 saturated heterocycles. The number of nitrogens with one attached hydrogen (secondary N) is 5. The summed E-state index contributed by atoms with van der Waals surface area (Å²) in [5, 5.41) is 17.3. The van der Waals surface area contributed by atoms with Crippen molar-refractivity contribution in [1.29, 1.82) is 0 Å². The van der Waals surface area contributed by atoms with Gasteiger partial charge in [0.25, 0.3) is 0 Å². The van der Waals surface area contributed by atoms with E-state index in [1.807, 2.05) is 150 Å². The van der Waals surface area contributed by atoms with Gasteiger partial charge in [0, 0.05) is 106 Å². The van der Waals surface area contributed by atoms with E-state index in [-0.39, 0.29) is 59.1 Å². The number of para-hydroxylation sites is 1. The molecule has 1 aliphatic rings. The molecule has 6 aromatic rings. The second kappa shape index (κ2) is 38.9. The van der Waals surface area contributed by atoms with Crippen LogP contribution in [-0.4, -0.2) is 102 Å². The first kappa shape index (κ1) is 84.4. The van der Waals surface area contributed by atoms with Crippen molar-refractivity contribution in [1.82, 2.24) is 34.5 Å². The van der Waals surface area contributed by atoms with Gasteiger partial charge < -0.3 is 26.6 Å². The Balaban J connectivity index is 0.000000407. The number of hydrogen-bond donors (Lipinski definition) is 5. The third-order valence-electron chi connectivity index (χ3n) is 13.2. The highest BCUT2D eigenvalue weighted by Gasteiger charge is 2.17. The number of fused-ring (bicyclic) bond motifs is 2. The molecule has 7 rings (SSSR count). The van der Waals surface area contributed by atoms with Crippen molar-refractivity contribution in [2.24, 2.45) is 29.6 Å². The molecule has 0 unspecified atom stereocenters. The maximum absolute atomic E-state index is 11.9. The molecule has 0 bridgehead atoms. The maximum atomic E-state index is 11.9. The molecule has 0 spiro atoms. The zero-order valence-corrected chi connectivity index (χ0v) is 62.8. The maximum Gasteiger partial charge on any atom is 0.236 e. The minimum absolute atomic E-state index is 0.0000431. The van der Waals surface area contributed by atoms with E-state index in [1.165, 1.54) is 39.7 Å². The first-order valence-corrected chi connectivity index (χ1v) is 39.1. The second-order valence-corrected chi connectivity index (χ2v) is 33.1. The monoisotopic (exact) mass is 1410 g/mol. The highest BCUT2D eigenvalue weighted by Crippen LogP contribution is 2.26. The van der Waals surface area contributed by atoms with Crippen LogP contribution in [0.2, 0.25) is 0 Å². The first-order valence-electron chi connectivity index (χ1n) is 31.2. The van der Waals surface area contributed by atoms with Gasteiger partial charge >= 0.3 is 0 Å². The molecular formula is C73H99N7O13S4. The topological polar surface area (TPSA) is 292 Å². The molecule has 0 fully saturated rings. The summed E-state index contributed by atoms with van der Waals surface area (Å²) in [7, 11) is -12.4. The summed E-state index contributed by atoms with van der Waals surface area (Å²) in [6, 6.07) is 33.4. The van der Waals surface area contributed by atoms with Crippen LogP contribution in [0.5, 0.6) is 0 Å². The number of benzene rings is 4. The Morgan fingerprint density at radius 3 is 1.23 bits per heavy atom. The van der Waals surface area contributed by atoms with Gasteiger partial charge in [-0.3, -0.25) is 27.9 Å². The molecule has 1 aliphatic carbocycles. The van der Waals surface area contributed by atoms with Crippen molar-refractivity contribution >= 4 is 115 Å². The standard InChI is InChI=1S/C17H19NO.C16H20N2O3S.C13H19NO3S.C13H17NO.C12H18N2O3S.C2H6O2S/c1-12(2)17(19)18-13(3)10-14-8-9-15-6-4-5-7-16(15)11-14;1-11(2)16(19)17-12(3)9-13-10-18(22(4,20)21)15-8-6-5-7-14(13)15;1-9(2)13(15)14-10(3)7-11-5-6-12(8-11)18(4,16)17;1-10(2)13(15)14-11(3)9-12-7-5-4-6-8-12;1-9(2)12(15)13-10(3)7-11-5-6-14(8-11)18(4,16)17;1-5(2,3)4/h4-12H,1-3H3,(H,18,19);5-11H,1-4H3,(H,17,19);6-9H,5H2,1-4H3,(H,14,15);4-10H,1-3H3,(H,14,15);5-9H,1-4H3,(H,13,15);1-2H3/b13-10-;12-9-;10-7-;11-9-;10-7-;. The van der Waals surface area contributed by atoms with Gasteiger partial charge in [0.05, 0.1) is 22.9 Å². The van der Waals surface area contributed by atoms with Gasteiger partial charge in [-0.15, -0.1) is 0 Å². The van der Waals surface area contributed by atoms with Gasteiger partial charge in [0.2, 0.25) is 49.6 Å². The molecule has 528 valence electrons. The summed E-state index contributed by atoms with van der Waals surface area (Å²) in [5.74, 6) is -0.325. The number of rotatable bonds is 18. The highest BCUT2D eigenvalue weighted by molar-refractivity contribution is 7.94. The van der Waals surface area contributed by atoms with E-state index in [9.17, 15) is 57.6 Å². The van der Waals surface area contributed by atoms with Crippen molar-refractivity contribution < 1.29 is 57.6 Å². The third kappa shape index (κ3) is 33.2. The SMILES string of the molecule is C/C(=C/C1=CC(S(C)(=O)=O)=CC1)NC(=O)C(C)C.C/C(=C/c1ccc2ccccc2c1)NC(=O)C(C)C.C/C(=C/c1ccccc1)NC(=O)C(C)C.C/C(=C/c1ccn(S(C)(=O)=O)c1)NC(=O)C(C)C.C/C(=C/c1cn(S(C)(=O)=O)c2ccccc12)NC(=O)C(C)C.CS(C)(=O)=O. The Kier molecular flexibility index (Phi) is 33.8. The van der Waals surface area contributed by atoms with E-state index >= 15 is 0 Å². The highest BCUT2D eigenvalue weighted by atomic mass is 32.2. The molecule has 0 radical (unpaired) electrons. The number of aromatic nitrogens is 2. The first-order chi connectivity index (χ1) is 44.7. The van der Waals surface area contributed by atoms with Crippen LogP contribution in [0.3, 0.4) is 0 Å². The molecule has 20 nitrogen and oxygen atoms in total. The zero-order chi connectivity index (χ0) is 73.9. The minimum atomic E-state index is -3.38. The largest absolute Gasteiger partial charge is 0.330 e. The van der Waals surface area contributed by atoms with Gasteiger partial charge in [0.15, 0.2) is 9.84 Å². The van der Waals surface area contributed by atoms with E-state index in [1.54, 1.807) is 75.5 Å². The van der Waals surface area contributed by atoms with Gasteiger partial charge in [-0.2, -0.15) is 0 Å². The van der Waals surface area contributed by atoms with Crippen molar-refractivity contribution in [2.75, 3.05) is 31.3 Å². The van der Waals surface area contributed by atoms with Crippen LogP contribution in [0.4, 0.5) is 0 Å². The van der Waals surface area contributed by atoms with Crippen LogP contribution in [-0.2, 0) is 63.7 Å². The van der Waals surface area contributed by atoms with Gasteiger partial charge in [-0.1, -0.05) is 160 Å². The van der Waals surface area contributed by atoms with E-state index in [0.717, 1.165) is 73.0 Å². The van der Waals surface area contributed by atoms with Crippen LogP contribution in [0.1, 0.15) is 133 Å². The fraction of sp³-hybridized carbons (Fsp3) is 0.356.